The lowest BCUT2D eigenvalue weighted by Gasteiger charge is -2.23. The topological polar surface area (TPSA) is 95.9 Å². The number of carboxylic acid groups (broad SMARTS) is 1. The molecule has 1 unspecified atom stereocenters. The Labute approximate surface area is 118 Å². The third-order valence-electron chi connectivity index (χ3n) is 3.16. The monoisotopic (exact) mass is 286 g/mol. The van der Waals surface area contributed by atoms with E-state index >= 15 is 0 Å². The van der Waals surface area contributed by atoms with Crippen LogP contribution in [-0.2, 0) is 14.3 Å². The van der Waals surface area contributed by atoms with Crippen molar-refractivity contribution in [1.29, 1.82) is 0 Å². The summed E-state index contributed by atoms with van der Waals surface area (Å²) in [6.45, 7) is 3.53. The van der Waals surface area contributed by atoms with Crippen LogP contribution in [0.1, 0.15) is 39.0 Å². The smallest absolute Gasteiger partial charge is 0.324 e. The van der Waals surface area contributed by atoms with E-state index in [1.165, 1.54) is 4.90 Å². The maximum absolute atomic E-state index is 11.9. The number of hydrogen-bond acceptors (Lipinski definition) is 4. The second kappa shape index (κ2) is 8.52. The van der Waals surface area contributed by atoms with E-state index in [9.17, 15) is 14.4 Å². The number of amides is 3. The molecule has 0 aromatic rings. The zero-order valence-electron chi connectivity index (χ0n) is 11.8. The van der Waals surface area contributed by atoms with Crippen LogP contribution in [0.2, 0.25) is 0 Å². The molecule has 7 heteroatoms. The molecule has 2 N–H and O–H groups in total. The van der Waals surface area contributed by atoms with Crippen molar-refractivity contribution in [1.82, 2.24) is 10.2 Å². The van der Waals surface area contributed by atoms with Crippen LogP contribution in [0.3, 0.4) is 0 Å². The third-order valence-corrected chi connectivity index (χ3v) is 3.16. The predicted octanol–water partition coefficient (Wildman–Crippen LogP) is 0.978. The van der Waals surface area contributed by atoms with E-state index in [4.69, 9.17) is 9.84 Å². The Balaban J connectivity index is 2.30. The first-order chi connectivity index (χ1) is 9.52. The number of nitrogens with one attached hydrogen (secondary N) is 1. The summed E-state index contributed by atoms with van der Waals surface area (Å²) in [5, 5.41) is 10.8. The van der Waals surface area contributed by atoms with Crippen LogP contribution < -0.4 is 5.32 Å². The number of carbonyl (C=O) groups excluding carboxylic acids is 2. The molecule has 0 aromatic heterocycles. The molecule has 1 heterocycles. The van der Waals surface area contributed by atoms with E-state index in [1.54, 1.807) is 0 Å². The number of rotatable bonds is 7. The Morgan fingerprint density at radius 1 is 1.35 bits per heavy atom. The standard InChI is InChI=1S/C13H22N2O5/c1-2-15(9-10-5-4-8-20-10)13(19)14-11(16)6-3-7-12(17)18/h10H,2-9H2,1H3,(H,17,18)(H,14,16,19). The summed E-state index contributed by atoms with van der Waals surface area (Å²) in [4.78, 5) is 35.3. The Kier molecular flexibility index (Phi) is 7.00. The van der Waals surface area contributed by atoms with Gasteiger partial charge < -0.3 is 14.7 Å². The lowest BCUT2D eigenvalue weighted by Crippen LogP contribution is -2.45. The third kappa shape index (κ3) is 6.01. The van der Waals surface area contributed by atoms with Crippen LogP contribution in [0.15, 0.2) is 0 Å². The summed E-state index contributed by atoms with van der Waals surface area (Å²) in [5.74, 6) is -1.39. The van der Waals surface area contributed by atoms with Gasteiger partial charge in [0.25, 0.3) is 0 Å². The molecule has 1 aliphatic rings. The Hall–Kier alpha value is -1.63. The van der Waals surface area contributed by atoms with Gasteiger partial charge in [0.05, 0.1) is 6.10 Å². The van der Waals surface area contributed by atoms with Gasteiger partial charge in [-0.1, -0.05) is 0 Å². The summed E-state index contributed by atoms with van der Waals surface area (Å²) in [7, 11) is 0. The fraction of sp³-hybridized carbons (Fsp3) is 0.769. The summed E-state index contributed by atoms with van der Waals surface area (Å²) < 4.78 is 5.46. The molecule has 7 nitrogen and oxygen atoms in total. The number of aliphatic carboxylic acids is 1. The van der Waals surface area contributed by atoms with Gasteiger partial charge in [0.15, 0.2) is 0 Å². The molecular weight excluding hydrogens is 264 g/mol. The van der Waals surface area contributed by atoms with Crippen molar-refractivity contribution in [3.05, 3.63) is 0 Å². The summed E-state index contributed by atoms with van der Waals surface area (Å²) in [5.41, 5.74) is 0. The molecule has 0 spiro atoms. The first kappa shape index (κ1) is 16.4. The zero-order chi connectivity index (χ0) is 15.0. The average Bonchev–Trinajstić information content (AvgIpc) is 2.88. The highest BCUT2D eigenvalue weighted by Crippen LogP contribution is 2.13. The van der Waals surface area contributed by atoms with E-state index in [2.05, 4.69) is 5.32 Å². The molecule has 1 rings (SSSR count). The average molecular weight is 286 g/mol. The van der Waals surface area contributed by atoms with E-state index in [0.717, 1.165) is 19.4 Å². The Bertz CT molecular complexity index is 353. The fourth-order valence-electron chi connectivity index (χ4n) is 2.05. The molecule has 114 valence electrons. The highest BCUT2D eigenvalue weighted by atomic mass is 16.5. The van der Waals surface area contributed by atoms with Crippen molar-refractivity contribution >= 4 is 17.9 Å². The summed E-state index contributed by atoms with van der Waals surface area (Å²) >= 11 is 0. The molecule has 0 bridgehead atoms. The van der Waals surface area contributed by atoms with Gasteiger partial charge >= 0.3 is 12.0 Å². The van der Waals surface area contributed by atoms with E-state index < -0.39 is 17.9 Å². The summed E-state index contributed by atoms with van der Waals surface area (Å²) in [6, 6.07) is -0.441. The number of nitrogens with zero attached hydrogens (tertiary/aromatic N) is 1. The molecule has 0 saturated carbocycles. The van der Waals surface area contributed by atoms with Gasteiger partial charge in [-0.05, 0) is 26.2 Å². The van der Waals surface area contributed by atoms with Crippen molar-refractivity contribution in [3.63, 3.8) is 0 Å². The van der Waals surface area contributed by atoms with Gasteiger partial charge in [-0.15, -0.1) is 0 Å². The fourth-order valence-corrected chi connectivity index (χ4v) is 2.05. The van der Waals surface area contributed by atoms with Crippen LogP contribution in [0, 0.1) is 0 Å². The SMILES string of the molecule is CCN(CC1CCCO1)C(=O)NC(=O)CCCC(=O)O. The minimum Gasteiger partial charge on any atom is -0.481 e. The molecule has 0 aliphatic carbocycles. The molecule has 0 radical (unpaired) electrons. The second-order valence-corrected chi connectivity index (χ2v) is 4.77. The van der Waals surface area contributed by atoms with Gasteiger partial charge in [-0.3, -0.25) is 14.9 Å². The largest absolute Gasteiger partial charge is 0.481 e. The minimum absolute atomic E-state index is 0.0372. The van der Waals surface area contributed by atoms with Crippen molar-refractivity contribution in [2.24, 2.45) is 0 Å². The van der Waals surface area contributed by atoms with Crippen LogP contribution in [0.25, 0.3) is 0 Å². The van der Waals surface area contributed by atoms with Crippen molar-refractivity contribution in [2.45, 2.75) is 45.1 Å². The van der Waals surface area contributed by atoms with E-state index in [1.807, 2.05) is 6.92 Å². The number of likely N-dealkylation sites (N-methyl/N-ethyl adjacent to an activating group) is 1. The molecule has 0 aromatic carbocycles. The number of imide groups is 1. The highest BCUT2D eigenvalue weighted by molar-refractivity contribution is 5.94. The van der Waals surface area contributed by atoms with Gasteiger partial charge in [0.1, 0.15) is 0 Å². The Morgan fingerprint density at radius 2 is 2.10 bits per heavy atom. The predicted molar refractivity (Wildman–Crippen MR) is 71.2 cm³/mol. The molecule has 1 fully saturated rings. The molecule has 1 atom stereocenters. The first-order valence-corrected chi connectivity index (χ1v) is 6.95. The minimum atomic E-state index is -0.947. The first-order valence-electron chi connectivity index (χ1n) is 6.95. The van der Waals surface area contributed by atoms with Crippen LogP contribution in [0.4, 0.5) is 4.79 Å². The lowest BCUT2D eigenvalue weighted by atomic mass is 10.2. The maximum Gasteiger partial charge on any atom is 0.324 e. The van der Waals surface area contributed by atoms with Gasteiger partial charge in [-0.25, -0.2) is 4.79 Å². The molecule has 20 heavy (non-hydrogen) atoms. The zero-order valence-corrected chi connectivity index (χ0v) is 11.8. The van der Waals surface area contributed by atoms with E-state index in [0.29, 0.717) is 13.1 Å². The van der Waals surface area contributed by atoms with E-state index in [-0.39, 0.29) is 25.4 Å². The van der Waals surface area contributed by atoms with Crippen LogP contribution >= 0.6 is 0 Å². The molecule has 3 amide bonds. The molecular formula is C13H22N2O5. The van der Waals surface area contributed by atoms with Crippen molar-refractivity contribution < 1.29 is 24.2 Å². The number of urea groups is 1. The van der Waals surface area contributed by atoms with Gasteiger partial charge in [0, 0.05) is 32.5 Å². The van der Waals surface area contributed by atoms with Crippen LogP contribution in [-0.4, -0.2) is 53.7 Å². The number of carbonyl (C=O) groups is 3. The number of hydrogen-bond donors (Lipinski definition) is 2. The second-order valence-electron chi connectivity index (χ2n) is 4.77. The number of carboxylic acids is 1. The normalized spacial score (nSPS) is 17.8. The number of ether oxygens (including phenoxy) is 1. The van der Waals surface area contributed by atoms with Crippen molar-refractivity contribution in [2.75, 3.05) is 19.7 Å². The maximum atomic E-state index is 11.9. The molecule has 1 aliphatic heterocycles. The molecule has 1 saturated heterocycles. The van der Waals surface area contributed by atoms with Crippen molar-refractivity contribution in [3.8, 4) is 0 Å². The quantitative estimate of drug-likeness (QED) is 0.727. The lowest BCUT2D eigenvalue weighted by molar-refractivity contribution is -0.137. The van der Waals surface area contributed by atoms with Gasteiger partial charge in [0.2, 0.25) is 5.91 Å². The van der Waals surface area contributed by atoms with Gasteiger partial charge in [-0.2, -0.15) is 0 Å². The highest BCUT2D eigenvalue weighted by Gasteiger charge is 2.22. The van der Waals surface area contributed by atoms with Crippen LogP contribution in [0.5, 0.6) is 0 Å². The Morgan fingerprint density at radius 3 is 2.65 bits per heavy atom. The summed E-state index contributed by atoms with van der Waals surface area (Å²) in [6.07, 6.45) is 2.16.